The lowest BCUT2D eigenvalue weighted by Crippen LogP contribution is -2.34. The number of nitrogens with two attached hydrogens (primary N) is 1. The van der Waals surface area contributed by atoms with Crippen molar-refractivity contribution in [3.8, 4) is 0 Å². The zero-order valence-electron chi connectivity index (χ0n) is 9.76. The Hall–Kier alpha value is -0.0900. The Morgan fingerprint density at radius 1 is 1.29 bits per heavy atom. The van der Waals surface area contributed by atoms with E-state index in [2.05, 4.69) is 27.4 Å². The molecule has 1 saturated carbocycles. The molecule has 1 aliphatic carbocycles. The van der Waals surface area contributed by atoms with E-state index in [0.29, 0.717) is 5.92 Å². The highest BCUT2D eigenvalue weighted by Gasteiger charge is 2.25. The molecule has 3 N–H and O–H groups in total. The van der Waals surface area contributed by atoms with Crippen LogP contribution in [-0.2, 0) is 0 Å². The van der Waals surface area contributed by atoms with E-state index in [9.17, 15) is 0 Å². The molecule has 1 aromatic carbocycles. The van der Waals surface area contributed by atoms with Crippen LogP contribution in [0.3, 0.4) is 0 Å². The van der Waals surface area contributed by atoms with Gasteiger partial charge in [0, 0.05) is 15.5 Å². The molecule has 1 unspecified atom stereocenters. The van der Waals surface area contributed by atoms with Crippen LogP contribution in [0.25, 0.3) is 0 Å². The fourth-order valence-corrected chi connectivity index (χ4v) is 3.63. The van der Waals surface area contributed by atoms with Gasteiger partial charge in [0.1, 0.15) is 0 Å². The zero-order chi connectivity index (χ0) is 12.3. The molecule has 1 atom stereocenters. The van der Waals surface area contributed by atoms with Gasteiger partial charge in [-0.15, -0.1) is 0 Å². The highest BCUT2D eigenvalue weighted by atomic mass is 79.9. The summed E-state index contributed by atoms with van der Waals surface area (Å²) in [6.07, 6.45) is 6.49. The van der Waals surface area contributed by atoms with Gasteiger partial charge < -0.3 is 0 Å². The Morgan fingerprint density at radius 3 is 2.59 bits per heavy atom. The number of halogens is 2. The SMILES string of the molecule is NNC(c1ccc(Cl)cc1Br)C1CCCCC1. The second-order valence-corrected chi connectivity index (χ2v) is 6.00. The Labute approximate surface area is 116 Å². The quantitative estimate of drug-likeness (QED) is 0.648. The Kier molecular flexibility index (Phi) is 4.86. The normalized spacial score (nSPS) is 19.2. The van der Waals surface area contributed by atoms with Gasteiger partial charge in [-0.25, -0.2) is 0 Å². The molecule has 0 radical (unpaired) electrons. The maximum atomic E-state index is 5.97. The molecule has 0 heterocycles. The summed E-state index contributed by atoms with van der Waals surface area (Å²) in [5.74, 6) is 6.37. The second-order valence-electron chi connectivity index (χ2n) is 4.71. The minimum Gasteiger partial charge on any atom is -0.271 e. The van der Waals surface area contributed by atoms with Crippen LogP contribution in [0.15, 0.2) is 22.7 Å². The van der Waals surface area contributed by atoms with Gasteiger partial charge in [0.25, 0.3) is 0 Å². The lowest BCUT2D eigenvalue weighted by molar-refractivity contribution is 0.273. The van der Waals surface area contributed by atoms with Crippen LogP contribution in [0.4, 0.5) is 0 Å². The van der Waals surface area contributed by atoms with E-state index in [1.165, 1.54) is 37.7 Å². The van der Waals surface area contributed by atoms with Crippen molar-refractivity contribution in [1.82, 2.24) is 5.43 Å². The third-order valence-corrected chi connectivity index (χ3v) is 4.52. The molecule has 94 valence electrons. The lowest BCUT2D eigenvalue weighted by Gasteiger charge is -2.30. The lowest BCUT2D eigenvalue weighted by atomic mass is 9.81. The molecule has 0 aliphatic heterocycles. The summed E-state index contributed by atoms with van der Waals surface area (Å²) in [6, 6.07) is 6.15. The van der Waals surface area contributed by atoms with E-state index < -0.39 is 0 Å². The van der Waals surface area contributed by atoms with Gasteiger partial charge in [0.15, 0.2) is 0 Å². The molecule has 2 rings (SSSR count). The van der Waals surface area contributed by atoms with Crippen LogP contribution in [0.5, 0.6) is 0 Å². The van der Waals surface area contributed by atoms with Crippen LogP contribution in [0, 0.1) is 5.92 Å². The summed E-state index contributed by atoms with van der Waals surface area (Å²) in [7, 11) is 0. The number of nitrogens with one attached hydrogen (secondary N) is 1. The average Bonchev–Trinajstić information content (AvgIpc) is 2.34. The number of hydrazine groups is 1. The molecular formula is C13H18BrClN2. The minimum absolute atomic E-state index is 0.224. The Bertz CT molecular complexity index is 378. The van der Waals surface area contributed by atoms with Gasteiger partial charge >= 0.3 is 0 Å². The zero-order valence-corrected chi connectivity index (χ0v) is 12.1. The van der Waals surface area contributed by atoms with E-state index >= 15 is 0 Å². The molecule has 1 aromatic rings. The first-order chi connectivity index (χ1) is 8.22. The molecule has 2 nitrogen and oxygen atoms in total. The smallest absolute Gasteiger partial charge is 0.0499 e. The summed E-state index contributed by atoms with van der Waals surface area (Å²) in [6.45, 7) is 0. The largest absolute Gasteiger partial charge is 0.271 e. The first-order valence-electron chi connectivity index (χ1n) is 6.13. The van der Waals surface area contributed by atoms with Crippen LogP contribution >= 0.6 is 27.5 Å². The van der Waals surface area contributed by atoms with E-state index in [4.69, 9.17) is 17.4 Å². The highest BCUT2D eigenvalue weighted by Crippen LogP contribution is 2.37. The topological polar surface area (TPSA) is 38.0 Å². The predicted molar refractivity (Wildman–Crippen MR) is 75.8 cm³/mol. The fourth-order valence-electron chi connectivity index (χ4n) is 2.70. The van der Waals surface area contributed by atoms with E-state index in [-0.39, 0.29) is 6.04 Å². The van der Waals surface area contributed by atoms with Crippen molar-refractivity contribution in [3.63, 3.8) is 0 Å². The number of benzene rings is 1. The van der Waals surface area contributed by atoms with Crippen molar-refractivity contribution in [2.45, 2.75) is 38.1 Å². The predicted octanol–water partition coefficient (Wildman–Crippen LogP) is 4.19. The van der Waals surface area contributed by atoms with E-state index in [1.54, 1.807) is 0 Å². The van der Waals surface area contributed by atoms with Gasteiger partial charge in [-0.3, -0.25) is 11.3 Å². The first-order valence-corrected chi connectivity index (χ1v) is 7.30. The third-order valence-electron chi connectivity index (χ3n) is 3.60. The van der Waals surface area contributed by atoms with Crippen molar-refractivity contribution >= 4 is 27.5 Å². The molecular weight excluding hydrogens is 300 g/mol. The maximum absolute atomic E-state index is 5.97. The van der Waals surface area contributed by atoms with Gasteiger partial charge in [0.2, 0.25) is 0 Å². The number of rotatable bonds is 3. The monoisotopic (exact) mass is 316 g/mol. The number of hydrogen-bond acceptors (Lipinski definition) is 2. The molecule has 1 fully saturated rings. The van der Waals surface area contributed by atoms with Crippen molar-refractivity contribution in [2.24, 2.45) is 11.8 Å². The number of hydrogen-bond donors (Lipinski definition) is 2. The Morgan fingerprint density at radius 2 is 2.00 bits per heavy atom. The average molecular weight is 318 g/mol. The Balaban J connectivity index is 2.21. The summed E-state index contributed by atoms with van der Waals surface area (Å²) >= 11 is 9.54. The van der Waals surface area contributed by atoms with E-state index in [1.807, 2.05) is 12.1 Å². The molecule has 0 amide bonds. The molecule has 0 saturated heterocycles. The standard InChI is InChI=1S/C13H18BrClN2/c14-12-8-10(15)6-7-11(12)13(17-16)9-4-2-1-3-5-9/h6-9,13,17H,1-5,16H2. The van der Waals surface area contributed by atoms with Crippen molar-refractivity contribution in [1.29, 1.82) is 0 Å². The summed E-state index contributed by atoms with van der Waals surface area (Å²) in [5.41, 5.74) is 4.19. The van der Waals surface area contributed by atoms with Gasteiger partial charge in [-0.1, -0.05) is 52.9 Å². The van der Waals surface area contributed by atoms with Crippen molar-refractivity contribution in [3.05, 3.63) is 33.3 Å². The second kappa shape index (κ2) is 6.19. The molecule has 4 heteroatoms. The van der Waals surface area contributed by atoms with Gasteiger partial charge in [-0.05, 0) is 36.5 Å². The van der Waals surface area contributed by atoms with Crippen molar-refractivity contribution < 1.29 is 0 Å². The summed E-state index contributed by atoms with van der Waals surface area (Å²) in [4.78, 5) is 0. The van der Waals surface area contributed by atoms with Crippen molar-refractivity contribution in [2.75, 3.05) is 0 Å². The highest BCUT2D eigenvalue weighted by molar-refractivity contribution is 9.10. The molecule has 0 aromatic heterocycles. The van der Waals surface area contributed by atoms with Gasteiger partial charge in [0.05, 0.1) is 0 Å². The molecule has 0 spiro atoms. The van der Waals surface area contributed by atoms with E-state index in [0.717, 1.165) is 9.50 Å². The van der Waals surface area contributed by atoms with Gasteiger partial charge in [-0.2, -0.15) is 0 Å². The third kappa shape index (κ3) is 3.22. The molecule has 1 aliphatic rings. The first kappa shape index (κ1) is 13.3. The van der Waals surface area contributed by atoms with Crippen LogP contribution in [0.2, 0.25) is 5.02 Å². The minimum atomic E-state index is 0.224. The van der Waals surface area contributed by atoms with Crippen LogP contribution in [0.1, 0.15) is 43.7 Å². The fraction of sp³-hybridized carbons (Fsp3) is 0.538. The summed E-state index contributed by atoms with van der Waals surface area (Å²) in [5, 5.41) is 0.750. The van der Waals surface area contributed by atoms with Crippen LogP contribution < -0.4 is 11.3 Å². The molecule has 17 heavy (non-hydrogen) atoms. The molecule has 0 bridgehead atoms. The maximum Gasteiger partial charge on any atom is 0.0499 e. The summed E-state index contributed by atoms with van der Waals surface area (Å²) < 4.78 is 1.04. The van der Waals surface area contributed by atoms with Crippen LogP contribution in [-0.4, -0.2) is 0 Å².